The molecule has 5 nitrogen and oxygen atoms in total. The fourth-order valence-corrected chi connectivity index (χ4v) is 3.14. The zero-order valence-electron chi connectivity index (χ0n) is 14.9. The van der Waals surface area contributed by atoms with Crippen LogP contribution in [-0.2, 0) is 13.0 Å². The lowest BCUT2D eigenvalue weighted by Crippen LogP contribution is -2.25. The molecule has 0 aliphatic heterocycles. The van der Waals surface area contributed by atoms with E-state index in [1.165, 1.54) is 5.56 Å². The van der Waals surface area contributed by atoms with Crippen LogP contribution >= 0.6 is 11.3 Å². The molecule has 6 heteroatoms. The molecule has 26 heavy (non-hydrogen) atoms. The molecule has 0 saturated heterocycles. The summed E-state index contributed by atoms with van der Waals surface area (Å²) in [5, 5.41) is 5.86. The monoisotopic (exact) mass is 367 g/mol. The third-order valence-corrected chi connectivity index (χ3v) is 4.90. The van der Waals surface area contributed by atoms with Crippen LogP contribution in [0, 0.1) is 13.8 Å². The van der Waals surface area contributed by atoms with Crippen LogP contribution in [0.1, 0.15) is 32.2 Å². The highest BCUT2D eigenvalue weighted by molar-refractivity contribution is 7.09. The Balaban J connectivity index is 1.45. The fourth-order valence-electron chi connectivity index (χ4n) is 2.40. The van der Waals surface area contributed by atoms with E-state index in [-0.39, 0.29) is 5.91 Å². The van der Waals surface area contributed by atoms with Crippen molar-refractivity contribution in [1.29, 1.82) is 0 Å². The number of benzene rings is 1. The molecule has 1 N–H and O–H groups in total. The van der Waals surface area contributed by atoms with Gasteiger partial charge in [0.2, 0.25) is 0 Å². The van der Waals surface area contributed by atoms with Gasteiger partial charge in [0.05, 0.1) is 11.9 Å². The second kappa shape index (κ2) is 8.58. The lowest BCUT2D eigenvalue weighted by Gasteiger charge is -2.06. The van der Waals surface area contributed by atoms with Gasteiger partial charge in [-0.05, 0) is 49.2 Å². The summed E-state index contributed by atoms with van der Waals surface area (Å²) >= 11 is 1.56. The Labute approximate surface area is 157 Å². The summed E-state index contributed by atoms with van der Waals surface area (Å²) in [5.74, 6) is 0.674. The first-order valence-corrected chi connectivity index (χ1v) is 9.31. The molecule has 0 aliphatic carbocycles. The molecule has 3 rings (SSSR count). The third-order valence-electron chi connectivity index (χ3n) is 4.03. The van der Waals surface area contributed by atoms with Crippen molar-refractivity contribution in [2.45, 2.75) is 26.9 Å². The lowest BCUT2D eigenvalue weighted by atomic mass is 10.1. The number of aromatic nitrogens is 2. The summed E-state index contributed by atoms with van der Waals surface area (Å²) < 4.78 is 5.64. The predicted molar refractivity (Wildman–Crippen MR) is 103 cm³/mol. The molecule has 134 valence electrons. The normalized spacial score (nSPS) is 10.5. The maximum Gasteiger partial charge on any atom is 0.251 e. The van der Waals surface area contributed by atoms with E-state index >= 15 is 0 Å². The van der Waals surface area contributed by atoms with E-state index in [2.05, 4.69) is 15.3 Å². The van der Waals surface area contributed by atoms with E-state index in [0.717, 1.165) is 22.0 Å². The van der Waals surface area contributed by atoms with Gasteiger partial charge < -0.3 is 10.1 Å². The first-order valence-electron chi connectivity index (χ1n) is 8.43. The van der Waals surface area contributed by atoms with E-state index < -0.39 is 0 Å². The van der Waals surface area contributed by atoms with Gasteiger partial charge in [-0.15, -0.1) is 11.3 Å². The van der Waals surface area contributed by atoms with Crippen LogP contribution in [0.3, 0.4) is 0 Å². The highest BCUT2D eigenvalue weighted by Gasteiger charge is 2.08. The fraction of sp³-hybridized carbons (Fsp3) is 0.250. The van der Waals surface area contributed by atoms with Crippen molar-refractivity contribution in [3.8, 4) is 5.75 Å². The molecule has 0 spiro atoms. The number of aryl methyl sites for hydroxylation is 2. The number of carbonyl (C=O) groups excluding carboxylic acids is 1. The van der Waals surface area contributed by atoms with Crippen LogP contribution in [0.15, 0.2) is 48.1 Å². The predicted octanol–water partition coefficient (Wildman–Crippen LogP) is 3.71. The van der Waals surface area contributed by atoms with Crippen LogP contribution in [0.5, 0.6) is 5.75 Å². The number of hydrogen-bond donors (Lipinski definition) is 1. The summed E-state index contributed by atoms with van der Waals surface area (Å²) in [6, 6.07) is 9.44. The van der Waals surface area contributed by atoms with Gasteiger partial charge in [0, 0.05) is 30.1 Å². The van der Waals surface area contributed by atoms with Gasteiger partial charge in [0.25, 0.3) is 5.91 Å². The van der Waals surface area contributed by atoms with Gasteiger partial charge in [-0.1, -0.05) is 6.07 Å². The Morgan fingerprint density at radius 2 is 2.12 bits per heavy atom. The minimum Gasteiger partial charge on any atom is -0.485 e. The maximum atomic E-state index is 12.2. The number of pyridine rings is 1. The van der Waals surface area contributed by atoms with E-state index in [9.17, 15) is 4.79 Å². The van der Waals surface area contributed by atoms with Crippen molar-refractivity contribution >= 4 is 17.2 Å². The van der Waals surface area contributed by atoms with Crippen molar-refractivity contribution in [2.24, 2.45) is 0 Å². The number of nitrogens with one attached hydrogen (secondary N) is 1. The average Bonchev–Trinajstić information content (AvgIpc) is 3.11. The van der Waals surface area contributed by atoms with Gasteiger partial charge in [-0.2, -0.15) is 0 Å². The van der Waals surface area contributed by atoms with E-state index in [0.29, 0.717) is 25.1 Å². The standard InChI is InChI=1S/C20H21N3O2S/c1-14-5-6-16(10-15(14)2)20(24)22-9-7-17-13-26-19(23-17)12-25-18-4-3-8-21-11-18/h3-6,8,10-11,13H,7,9,12H2,1-2H3,(H,22,24). The van der Waals surface area contributed by atoms with Gasteiger partial charge in [-0.25, -0.2) is 4.98 Å². The maximum absolute atomic E-state index is 12.2. The van der Waals surface area contributed by atoms with Gasteiger partial charge >= 0.3 is 0 Å². The van der Waals surface area contributed by atoms with Crippen molar-refractivity contribution in [1.82, 2.24) is 15.3 Å². The van der Waals surface area contributed by atoms with Gasteiger partial charge in [-0.3, -0.25) is 9.78 Å². The number of carbonyl (C=O) groups is 1. The number of thiazole rings is 1. The summed E-state index contributed by atoms with van der Waals surface area (Å²) in [4.78, 5) is 20.8. The van der Waals surface area contributed by atoms with Crippen LogP contribution < -0.4 is 10.1 Å². The smallest absolute Gasteiger partial charge is 0.251 e. The Morgan fingerprint density at radius 1 is 1.23 bits per heavy atom. The molecule has 0 aliphatic rings. The summed E-state index contributed by atoms with van der Waals surface area (Å²) in [7, 11) is 0. The highest BCUT2D eigenvalue weighted by atomic mass is 32.1. The minimum absolute atomic E-state index is 0.0523. The molecule has 0 bridgehead atoms. The summed E-state index contributed by atoms with van der Waals surface area (Å²) in [6.07, 6.45) is 4.08. The minimum atomic E-state index is -0.0523. The van der Waals surface area contributed by atoms with E-state index in [4.69, 9.17) is 4.74 Å². The lowest BCUT2D eigenvalue weighted by molar-refractivity contribution is 0.0954. The molecule has 1 amide bonds. The molecular formula is C20H21N3O2S. The second-order valence-corrected chi connectivity index (χ2v) is 6.96. The average molecular weight is 367 g/mol. The molecule has 2 aromatic heterocycles. The molecule has 0 saturated carbocycles. The zero-order valence-corrected chi connectivity index (χ0v) is 15.7. The van der Waals surface area contributed by atoms with Gasteiger partial charge in [0.15, 0.2) is 0 Å². The molecule has 0 unspecified atom stereocenters. The number of amides is 1. The number of rotatable bonds is 7. The van der Waals surface area contributed by atoms with Crippen LogP contribution in [-0.4, -0.2) is 22.4 Å². The third kappa shape index (κ3) is 4.89. The van der Waals surface area contributed by atoms with E-state index in [1.54, 1.807) is 23.7 Å². The largest absolute Gasteiger partial charge is 0.485 e. The van der Waals surface area contributed by atoms with E-state index in [1.807, 2.05) is 49.6 Å². The first kappa shape index (κ1) is 18.1. The summed E-state index contributed by atoms with van der Waals surface area (Å²) in [6.45, 7) is 5.02. The highest BCUT2D eigenvalue weighted by Crippen LogP contribution is 2.14. The Hall–Kier alpha value is -2.73. The zero-order chi connectivity index (χ0) is 18.4. The number of hydrogen-bond acceptors (Lipinski definition) is 5. The quantitative estimate of drug-likeness (QED) is 0.691. The molecule has 2 heterocycles. The molecule has 0 radical (unpaired) electrons. The first-order chi connectivity index (χ1) is 12.6. The number of ether oxygens (including phenoxy) is 1. The number of nitrogens with zero attached hydrogens (tertiary/aromatic N) is 2. The van der Waals surface area contributed by atoms with Crippen LogP contribution in [0.25, 0.3) is 0 Å². The van der Waals surface area contributed by atoms with Crippen molar-refractivity contribution in [3.05, 3.63) is 75.5 Å². The Bertz CT molecular complexity index is 878. The van der Waals surface area contributed by atoms with Crippen molar-refractivity contribution in [3.63, 3.8) is 0 Å². The molecular weight excluding hydrogens is 346 g/mol. The topological polar surface area (TPSA) is 64.1 Å². The van der Waals surface area contributed by atoms with Gasteiger partial charge in [0.1, 0.15) is 17.4 Å². The molecule has 1 aromatic carbocycles. The Kier molecular flexibility index (Phi) is 5.96. The molecule has 0 fully saturated rings. The van der Waals surface area contributed by atoms with Crippen molar-refractivity contribution in [2.75, 3.05) is 6.54 Å². The van der Waals surface area contributed by atoms with Crippen molar-refractivity contribution < 1.29 is 9.53 Å². The second-order valence-electron chi connectivity index (χ2n) is 6.01. The SMILES string of the molecule is Cc1ccc(C(=O)NCCc2csc(COc3cccnc3)n2)cc1C. The van der Waals surface area contributed by atoms with Crippen LogP contribution in [0.2, 0.25) is 0 Å². The molecule has 0 atom stereocenters. The Morgan fingerprint density at radius 3 is 2.88 bits per heavy atom. The summed E-state index contributed by atoms with van der Waals surface area (Å²) in [5.41, 5.74) is 3.96. The molecule has 3 aromatic rings. The van der Waals surface area contributed by atoms with Crippen LogP contribution in [0.4, 0.5) is 0 Å².